The molecule has 0 saturated carbocycles. The smallest absolute Gasteiger partial charge is 0.407 e. The van der Waals surface area contributed by atoms with Crippen LogP contribution >= 0.6 is 0 Å². The molecule has 0 spiro atoms. The SMILES string of the molecule is CCCCCCCCCCCCCCCCCCNC(=O)OC[C@@H]1[C@@H](CO)[C@H]2C=C[C@@H]1O2. The van der Waals surface area contributed by atoms with Crippen LogP contribution < -0.4 is 5.32 Å². The molecule has 2 aliphatic heterocycles. The Bertz CT molecular complexity index is 510. The van der Waals surface area contributed by atoms with Crippen LogP contribution in [0.2, 0.25) is 0 Å². The molecule has 0 radical (unpaired) electrons. The fourth-order valence-electron chi connectivity index (χ4n) is 5.01. The standard InChI is InChI=1S/C27H49NO4/c1-2-3-4-5-6-7-8-9-10-11-12-13-14-15-16-17-20-28-27(30)31-22-24-23(21-29)25-18-19-26(24)32-25/h18-19,23-26,29H,2-17,20-22H2,1H3,(H,28,30)/t23-,24-,25-,26+/m1/s1. The maximum absolute atomic E-state index is 11.9. The Kier molecular flexibility index (Phi) is 14.8. The molecule has 0 aliphatic carbocycles. The summed E-state index contributed by atoms with van der Waals surface area (Å²) in [6.45, 7) is 3.33. The van der Waals surface area contributed by atoms with E-state index in [4.69, 9.17) is 9.47 Å². The van der Waals surface area contributed by atoms with Crippen molar-refractivity contribution in [2.24, 2.45) is 11.8 Å². The Morgan fingerprint density at radius 1 is 0.781 bits per heavy atom. The van der Waals surface area contributed by atoms with Crippen molar-refractivity contribution in [1.82, 2.24) is 5.32 Å². The van der Waals surface area contributed by atoms with Crippen LogP contribution in [0.15, 0.2) is 12.2 Å². The van der Waals surface area contributed by atoms with Crippen LogP contribution in [0, 0.1) is 11.8 Å². The molecule has 4 atom stereocenters. The Hall–Kier alpha value is -1.07. The second kappa shape index (κ2) is 17.4. The number of rotatable bonds is 20. The van der Waals surface area contributed by atoms with Gasteiger partial charge in [-0.3, -0.25) is 0 Å². The number of ether oxygens (including phenoxy) is 2. The minimum absolute atomic E-state index is 0.0215. The van der Waals surface area contributed by atoms with Gasteiger partial charge in [0.25, 0.3) is 0 Å². The molecular weight excluding hydrogens is 402 g/mol. The van der Waals surface area contributed by atoms with Gasteiger partial charge in [0, 0.05) is 25.0 Å². The molecule has 2 aliphatic rings. The molecule has 32 heavy (non-hydrogen) atoms. The van der Waals surface area contributed by atoms with Crippen LogP contribution in [0.1, 0.15) is 110 Å². The van der Waals surface area contributed by atoms with Crippen LogP contribution in [0.5, 0.6) is 0 Å². The summed E-state index contributed by atoms with van der Waals surface area (Å²) in [6.07, 6.45) is 25.2. The molecule has 2 bridgehead atoms. The molecule has 0 aromatic carbocycles. The van der Waals surface area contributed by atoms with E-state index < -0.39 is 0 Å². The number of aliphatic hydroxyl groups excluding tert-OH is 1. The average Bonchev–Trinajstić information content (AvgIpc) is 3.41. The lowest BCUT2D eigenvalue weighted by molar-refractivity contribution is 0.0831. The summed E-state index contributed by atoms with van der Waals surface area (Å²) in [4.78, 5) is 11.9. The van der Waals surface area contributed by atoms with E-state index in [0.29, 0.717) is 13.2 Å². The first kappa shape index (κ1) is 27.2. The van der Waals surface area contributed by atoms with Gasteiger partial charge in [-0.1, -0.05) is 115 Å². The first-order chi connectivity index (χ1) is 15.8. The number of hydrogen-bond donors (Lipinski definition) is 2. The highest BCUT2D eigenvalue weighted by molar-refractivity contribution is 5.67. The van der Waals surface area contributed by atoms with E-state index in [9.17, 15) is 9.90 Å². The predicted octanol–water partition coefficient (Wildman–Crippen LogP) is 6.54. The first-order valence-corrected chi connectivity index (χ1v) is 13.6. The lowest BCUT2D eigenvalue weighted by Crippen LogP contribution is -2.34. The van der Waals surface area contributed by atoms with Crippen LogP contribution in [0.4, 0.5) is 4.79 Å². The summed E-state index contributed by atoms with van der Waals surface area (Å²) in [5, 5.41) is 12.4. The largest absolute Gasteiger partial charge is 0.449 e. The molecule has 2 N–H and O–H groups in total. The highest BCUT2D eigenvalue weighted by Gasteiger charge is 2.45. The molecule has 0 unspecified atom stereocenters. The van der Waals surface area contributed by atoms with E-state index in [2.05, 4.69) is 12.2 Å². The lowest BCUT2D eigenvalue weighted by Gasteiger charge is -2.22. The minimum Gasteiger partial charge on any atom is -0.449 e. The van der Waals surface area contributed by atoms with Crippen molar-refractivity contribution in [3.05, 3.63) is 12.2 Å². The van der Waals surface area contributed by atoms with Gasteiger partial charge >= 0.3 is 6.09 Å². The zero-order valence-corrected chi connectivity index (χ0v) is 20.6. The number of amides is 1. The van der Waals surface area contributed by atoms with Gasteiger partial charge in [0.15, 0.2) is 0 Å². The molecule has 2 heterocycles. The zero-order chi connectivity index (χ0) is 22.9. The minimum atomic E-state index is -0.352. The van der Waals surface area contributed by atoms with Gasteiger partial charge < -0.3 is 19.9 Å². The highest BCUT2D eigenvalue weighted by Crippen LogP contribution is 2.38. The number of carbonyl (C=O) groups is 1. The predicted molar refractivity (Wildman–Crippen MR) is 131 cm³/mol. The van der Waals surface area contributed by atoms with Gasteiger partial charge in [0.05, 0.1) is 18.8 Å². The number of carbonyl (C=O) groups excluding carboxylic acids is 1. The Balaban J connectivity index is 1.29. The van der Waals surface area contributed by atoms with Crippen molar-refractivity contribution in [3.8, 4) is 0 Å². The molecule has 0 aromatic rings. The third-order valence-electron chi connectivity index (χ3n) is 7.12. The molecular formula is C27H49NO4. The van der Waals surface area contributed by atoms with Crippen molar-refractivity contribution >= 4 is 6.09 Å². The van der Waals surface area contributed by atoms with Crippen molar-refractivity contribution in [1.29, 1.82) is 0 Å². The zero-order valence-electron chi connectivity index (χ0n) is 20.6. The maximum atomic E-state index is 11.9. The third-order valence-corrected chi connectivity index (χ3v) is 7.12. The second-order valence-electron chi connectivity index (χ2n) is 9.79. The molecule has 5 heteroatoms. The molecule has 2 rings (SSSR count). The monoisotopic (exact) mass is 451 g/mol. The average molecular weight is 452 g/mol. The second-order valence-corrected chi connectivity index (χ2v) is 9.79. The van der Waals surface area contributed by atoms with Crippen LogP contribution in [-0.4, -0.2) is 43.2 Å². The number of aliphatic hydroxyl groups is 1. The Morgan fingerprint density at radius 3 is 1.75 bits per heavy atom. The third kappa shape index (κ3) is 10.7. The van der Waals surface area contributed by atoms with Crippen LogP contribution in [0.3, 0.4) is 0 Å². The fourth-order valence-corrected chi connectivity index (χ4v) is 5.01. The first-order valence-electron chi connectivity index (χ1n) is 13.6. The molecule has 1 amide bonds. The van der Waals surface area contributed by atoms with E-state index >= 15 is 0 Å². The molecule has 1 fully saturated rings. The summed E-state index contributed by atoms with van der Waals surface area (Å²) < 4.78 is 11.1. The number of nitrogens with one attached hydrogen (secondary N) is 1. The van der Waals surface area contributed by atoms with Crippen LogP contribution in [-0.2, 0) is 9.47 Å². The van der Waals surface area contributed by atoms with Gasteiger partial charge in [-0.05, 0) is 6.42 Å². The quantitative estimate of drug-likeness (QED) is 0.163. The maximum Gasteiger partial charge on any atom is 0.407 e. The normalized spacial score (nSPS) is 23.7. The van der Waals surface area contributed by atoms with E-state index in [0.717, 1.165) is 12.8 Å². The topological polar surface area (TPSA) is 67.8 Å². The highest BCUT2D eigenvalue weighted by atomic mass is 16.6. The number of alkyl carbamates (subject to hydrolysis) is 1. The Morgan fingerprint density at radius 2 is 1.25 bits per heavy atom. The van der Waals surface area contributed by atoms with E-state index in [1.807, 2.05) is 12.2 Å². The summed E-state index contributed by atoms with van der Waals surface area (Å²) in [5.74, 6) is 0.106. The summed E-state index contributed by atoms with van der Waals surface area (Å²) in [7, 11) is 0. The van der Waals surface area contributed by atoms with Gasteiger partial charge in [-0.15, -0.1) is 0 Å². The molecule has 186 valence electrons. The summed E-state index contributed by atoms with van der Waals surface area (Å²) in [6, 6.07) is 0. The van der Waals surface area contributed by atoms with E-state index in [-0.39, 0.29) is 36.7 Å². The summed E-state index contributed by atoms with van der Waals surface area (Å²) in [5.41, 5.74) is 0. The van der Waals surface area contributed by atoms with Crippen molar-refractivity contribution < 1.29 is 19.4 Å². The molecule has 1 saturated heterocycles. The fraction of sp³-hybridized carbons (Fsp3) is 0.889. The van der Waals surface area contributed by atoms with E-state index in [1.54, 1.807) is 0 Å². The van der Waals surface area contributed by atoms with Crippen molar-refractivity contribution in [3.63, 3.8) is 0 Å². The lowest BCUT2D eigenvalue weighted by atomic mass is 9.84. The van der Waals surface area contributed by atoms with Crippen molar-refractivity contribution in [2.45, 2.75) is 122 Å². The van der Waals surface area contributed by atoms with Crippen LogP contribution in [0.25, 0.3) is 0 Å². The van der Waals surface area contributed by atoms with Gasteiger partial charge in [-0.2, -0.15) is 0 Å². The van der Waals surface area contributed by atoms with Gasteiger partial charge in [-0.25, -0.2) is 4.79 Å². The molecule has 5 nitrogen and oxygen atoms in total. The molecule has 0 aromatic heterocycles. The number of unbranched alkanes of at least 4 members (excludes halogenated alkanes) is 15. The number of fused-ring (bicyclic) bond motifs is 2. The van der Waals surface area contributed by atoms with Crippen molar-refractivity contribution in [2.75, 3.05) is 19.8 Å². The number of hydrogen-bond acceptors (Lipinski definition) is 4. The van der Waals surface area contributed by atoms with Gasteiger partial charge in [0.1, 0.15) is 0 Å². The van der Waals surface area contributed by atoms with E-state index in [1.165, 1.54) is 89.9 Å². The van der Waals surface area contributed by atoms with Gasteiger partial charge in [0.2, 0.25) is 0 Å². The Labute approximate surface area is 196 Å². The summed E-state index contributed by atoms with van der Waals surface area (Å²) >= 11 is 0.